The molecule has 170 valence electrons. The van der Waals surface area contributed by atoms with Crippen LogP contribution < -0.4 is 4.74 Å². The standard InChI is InChI=1S/C25H27Cl2NO4/c1-5-6-11-28-21(16-9-7-15(8-10-16)14(2)3)20(23(30)25(28)31)22(29)17-12-18(26)24(32-4)19(27)13-17/h7-10,12-14,21,29H,5-6,11H2,1-4H3/b22-20+. The highest BCUT2D eigenvalue weighted by molar-refractivity contribution is 6.46. The molecule has 1 N–H and O–H groups in total. The second kappa shape index (κ2) is 9.97. The molecule has 1 atom stereocenters. The van der Waals surface area contributed by atoms with Gasteiger partial charge in [0.15, 0.2) is 5.75 Å². The first-order valence-corrected chi connectivity index (χ1v) is 11.4. The molecule has 0 spiro atoms. The predicted octanol–water partition coefficient (Wildman–Crippen LogP) is 6.35. The Morgan fingerprint density at radius 1 is 1.12 bits per heavy atom. The smallest absolute Gasteiger partial charge is 0.295 e. The number of unbranched alkanes of at least 4 members (excludes halogenated alkanes) is 1. The molecule has 1 fully saturated rings. The summed E-state index contributed by atoms with van der Waals surface area (Å²) in [4.78, 5) is 27.5. The van der Waals surface area contributed by atoms with Crippen molar-refractivity contribution in [1.82, 2.24) is 4.90 Å². The molecule has 1 unspecified atom stereocenters. The van der Waals surface area contributed by atoms with Crippen molar-refractivity contribution >= 4 is 40.7 Å². The number of aliphatic hydroxyl groups excluding tert-OH is 1. The van der Waals surface area contributed by atoms with Gasteiger partial charge < -0.3 is 14.7 Å². The molecule has 0 bridgehead atoms. The number of nitrogens with zero attached hydrogens (tertiary/aromatic N) is 1. The van der Waals surface area contributed by atoms with Crippen LogP contribution in [0.2, 0.25) is 10.0 Å². The van der Waals surface area contributed by atoms with Gasteiger partial charge in [-0.2, -0.15) is 0 Å². The Labute approximate surface area is 198 Å². The molecular formula is C25H27Cl2NO4. The first-order valence-electron chi connectivity index (χ1n) is 10.6. The quantitative estimate of drug-likeness (QED) is 0.287. The number of aliphatic hydroxyl groups is 1. The molecule has 0 saturated carbocycles. The fourth-order valence-electron chi connectivity index (χ4n) is 3.90. The van der Waals surface area contributed by atoms with Crippen molar-refractivity contribution in [2.24, 2.45) is 0 Å². The van der Waals surface area contributed by atoms with Gasteiger partial charge in [0.2, 0.25) is 0 Å². The molecule has 1 aliphatic rings. The monoisotopic (exact) mass is 475 g/mol. The summed E-state index contributed by atoms with van der Waals surface area (Å²) >= 11 is 12.5. The van der Waals surface area contributed by atoms with Crippen LogP contribution in [0.4, 0.5) is 0 Å². The number of Topliss-reactive ketones (excluding diaryl/α,β-unsaturated/α-hetero) is 1. The fraction of sp³-hybridized carbons (Fsp3) is 0.360. The first kappa shape index (κ1) is 24.1. The number of ether oxygens (including phenoxy) is 1. The molecule has 32 heavy (non-hydrogen) atoms. The Balaban J connectivity index is 2.18. The maximum atomic E-state index is 13.0. The topological polar surface area (TPSA) is 66.8 Å². The van der Waals surface area contributed by atoms with E-state index in [0.717, 1.165) is 24.0 Å². The van der Waals surface area contributed by atoms with Crippen LogP contribution in [0, 0.1) is 0 Å². The van der Waals surface area contributed by atoms with Gasteiger partial charge in [0.1, 0.15) is 5.76 Å². The third-order valence-electron chi connectivity index (χ3n) is 5.69. The van der Waals surface area contributed by atoms with Crippen LogP contribution >= 0.6 is 23.2 Å². The molecule has 7 heteroatoms. The number of amides is 1. The van der Waals surface area contributed by atoms with E-state index >= 15 is 0 Å². The first-order chi connectivity index (χ1) is 15.2. The van der Waals surface area contributed by atoms with Gasteiger partial charge >= 0.3 is 0 Å². The van der Waals surface area contributed by atoms with Crippen LogP contribution in [0.3, 0.4) is 0 Å². The Kier molecular flexibility index (Phi) is 7.52. The van der Waals surface area contributed by atoms with Crippen LogP contribution in [-0.2, 0) is 9.59 Å². The zero-order chi connectivity index (χ0) is 23.6. The lowest BCUT2D eigenvalue weighted by atomic mass is 9.93. The second-order valence-electron chi connectivity index (χ2n) is 8.14. The molecule has 1 aliphatic heterocycles. The van der Waals surface area contributed by atoms with E-state index in [-0.39, 0.29) is 32.7 Å². The number of carbonyl (C=O) groups is 2. The summed E-state index contributed by atoms with van der Waals surface area (Å²) in [7, 11) is 1.44. The van der Waals surface area contributed by atoms with Crippen molar-refractivity contribution in [2.45, 2.75) is 45.6 Å². The van der Waals surface area contributed by atoms with Gasteiger partial charge in [0.05, 0.1) is 28.8 Å². The molecule has 3 rings (SSSR count). The lowest BCUT2D eigenvalue weighted by Crippen LogP contribution is -2.30. The molecule has 1 saturated heterocycles. The maximum absolute atomic E-state index is 13.0. The van der Waals surface area contributed by atoms with Gasteiger partial charge in [-0.3, -0.25) is 9.59 Å². The van der Waals surface area contributed by atoms with Crippen LogP contribution in [0.25, 0.3) is 5.76 Å². The van der Waals surface area contributed by atoms with Gasteiger partial charge in [0, 0.05) is 12.1 Å². The third-order valence-corrected chi connectivity index (χ3v) is 6.25. The molecule has 2 aromatic rings. The highest BCUT2D eigenvalue weighted by atomic mass is 35.5. The Bertz CT molecular complexity index is 1040. The minimum Gasteiger partial charge on any atom is -0.507 e. The Hall–Kier alpha value is -2.50. The molecular weight excluding hydrogens is 449 g/mol. The Morgan fingerprint density at radius 2 is 1.72 bits per heavy atom. The zero-order valence-electron chi connectivity index (χ0n) is 18.6. The van der Waals surface area contributed by atoms with Crippen LogP contribution in [0.1, 0.15) is 62.3 Å². The molecule has 5 nitrogen and oxygen atoms in total. The summed E-state index contributed by atoms with van der Waals surface area (Å²) in [6.45, 7) is 6.63. The predicted molar refractivity (Wildman–Crippen MR) is 127 cm³/mol. The summed E-state index contributed by atoms with van der Waals surface area (Å²) in [5.41, 5.74) is 2.18. The van der Waals surface area contributed by atoms with Gasteiger partial charge in [0.25, 0.3) is 11.7 Å². The summed E-state index contributed by atoms with van der Waals surface area (Å²) < 4.78 is 5.17. The number of likely N-dealkylation sites (tertiary alicyclic amines) is 1. The molecule has 2 aromatic carbocycles. The fourth-order valence-corrected chi connectivity index (χ4v) is 4.54. The average Bonchev–Trinajstić information content (AvgIpc) is 3.01. The Morgan fingerprint density at radius 3 is 2.22 bits per heavy atom. The lowest BCUT2D eigenvalue weighted by molar-refractivity contribution is -0.139. The van der Waals surface area contributed by atoms with Crippen molar-refractivity contribution in [2.75, 3.05) is 13.7 Å². The van der Waals surface area contributed by atoms with E-state index in [1.165, 1.54) is 24.1 Å². The number of ketones is 1. The summed E-state index contributed by atoms with van der Waals surface area (Å²) in [5, 5.41) is 11.5. The SMILES string of the molecule is CCCCN1C(=O)C(=O)/C(=C(/O)c2cc(Cl)c(OC)c(Cl)c2)C1c1ccc(C(C)C)cc1. The van der Waals surface area contributed by atoms with E-state index in [9.17, 15) is 14.7 Å². The number of benzene rings is 2. The molecule has 1 amide bonds. The van der Waals surface area contributed by atoms with E-state index in [1.54, 1.807) is 0 Å². The van der Waals surface area contributed by atoms with Crippen LogP contribution in [0.15, 0.2) is 42.0 Å². The summed E-state index contributed by atoms with van der Waals surface area (Å²) in [5.74, 6) is -1.04. The summed E-state index contributed by atoms with van der Waals surface area (Å²) in [6.07, 6.45) is 1.61. The molecule has 0 aliphatic carbocycles. The number of hydrogen-bond acceptors (Lipinski definition) is 4. The van der Waals surface area contributed by atoms with Crippen molar-refractivity contribution in [3.05, 3.63) is 68.7 Å². The van der Waals surface area contributed by atoms with Gasteiger partial charge in [-0.25, -0.2) is 0 Å². The lowest BCUT2D eigenvalue weighted by Gasteiger charge is -2.25. The maximum Gasteiger partial charge on any atom is 0.295 e. The van der Waals surface area contributed by atoms with Crippen LogP contribution in [0.5, 0.6) is 5.75 Å². The summed E-state index contributed by atoms with van der Waals surface area (Å²) in [6, 6.07) is 10.0. The highest BCUT2D eigenvalue weighted by Gasteiger charge is 2.45. The van der Waals surface area contributed by atoms with E-state index < -0.39 is 17.7 Å². The zero-order valence-corrected chi connectivity index (χ0v) is 20.1. The third kappa shape index (κ3) is 4.50. The van der Waals surface area contributed by atoms with E-state index in [0.29, 0.717) is 12.5 Å². The normalized spacial score (nSPS) is 18.0. The van der Waals surface area contributed by atoms with Crippen molar-refractivity contribution in [3.63, 3.8) is 0 Å². The van der Waals surface area contributed by atoms with E-state index in [1.807, 2.05) is 31.2 Å². The number of rotatable bonds is 7. The van der Waals surface area contributed by atoms with Crippen LogP contribution in [-0.4, -0.2) is 35.4 Å². The van der Waals surface area contributed by atoms with E-state index in [4.69, 9.17) is 27.9 Å². The highest BCUT2D eigenvalue weighted by Crippen LogP contribution is 2.42. The largest absolute Gasteiger partial charge is 0.507 e. The molecule has 0 radical (unpaired) electrons. The second-order valence-corrected chi connectivity index (χ2v) is 8.95. The van der Waals surface area contributed by atoms with Crippen molar-refractivity contribution in [1.29, 1.82) is 0 Å². The molecule has 1 heterocycles. The van der Waals surface area contributed by atoms with Crippen molar-refractivity contribution in [3.8, 4) is 5.75 Å². The van der Waals surface area contributed by atoms with Crippen molar-refractivity contribution < 1.29 is 19.4 Å². The minimum atomic E-state index is -0.723. The van der Waals surface area contributed by atoms with Gasteiger partial charge in [-0.1, -0.05) is 74.7 Å². The number of carbonyl (C=O) groups excluding carboxylic acids is 2. The average molecular weight is 476 g/mol. The number of halogens is 2. The molecule has 0 aromatic heterocycles. The number of hydrogen-bond donors (Lipinski definition) is 1. The number of methoxy groups -OCH3 is 1. The van der Waals surface area contributed by atoms with E-state index in [2.05, 4.69) is 13.8 Å². The van der Waals surface area contributed by atoms with Gasteiger partial charge in [-0.15, -0.1) is 0 Å². The minimum absolute atomic E-state index is 0.0284. The van der Waals surface area contributed by atoms with Gasteiger partial charge in [-0.05, 0) is 35.6 Å².